The molecule has 0 amide bonds. The summed E-state index contributed by atoms with van der Waals surface area (Å²) in [6.07, 6.45) is 2.40. The van der Waals surface area contributed by atoms with Crippen LogP contribution in [0.2, 0.25) is 0 Å². The molecule has 0 saturated carbocycles. The molecule has 1 aliphatic carbocycles. The van der Waals surface area contributed by atoms with Gasteiger partial charge >= 0.3 is 197 Å². The van der Waals surface area contributed by atoms with Crippen molar-refractivity contribution in [2.45, 2.75) is 37.2 Å². The van der Waals surface area contributed by atoms with Crippen LogP contribution in [0.4, 0.5) is 0 Å². The van der Waals surface area contributed by atoms with E-state index in [4.69, 9.17) is 17.0 Å². The molecule has 0 radical (unpaired) electrons. The first-order chi connectivity index (χ1) is 14.4. The Morgan fingerprint density at radius 3 is 2.03 bits per heavy atom. The molecule has 1 atom stereocenters. The predicted molar refractivity (Wildman–Crippen MR) is 129 cm³/mol. The van der Waals surface area contributed by atoms with Crippen molar-refractivity contribution < 1.29 is 19.4 Å². The van der Waals surface area contributed by atoms with Crippen LogP contribution in [0.1, 0.15) is 53.9 Å². The second-order valence-corrected chi connectivity index (χ2v) is 17.4. The number of fused-ring (bicyclic) bond motifs is 1. The first kappa shape index (κ1) is 22.1. The Morgan fingerprint density at radius 1 is 0.733 bits per heavy atom. The van der Waals surface area contributed by atoms with E-state index in [9.17, 15) is 0 Å². The molecule has 3 heteroatoms. The molecule has 153 valence electrons. The van der Waals surface area contributed by atoms with Crippen LogP contribution in [0.5, 0.6) is 0 Å². The normalized spacial score (nSPS) is 15.5. The summed E-state index contributed by atoms with van der Waals surface area (Å²) in [6, 6.07) is 24.1. The fourth-order valence-corrected chi connectivity index (χ4v) is 10.3. The van der Waals surface area contributed by atoms with E-state index in [1.165, 1.54) is 44.5 Å². The van der Waals surface area contributed by atoms with Crippen molar-refractivity contribution in [1.82, 2.24) is 0 Å². The van der Waals surface area contributed by atoms with Crippen LogP contribution in [-0.2, 0) is 19.4 Å². The van der Waals surface area contributed by atoms with Crippen LogP contribution in [0.15, 0.2) is 72.3 Å². The fraction of sp³-hybridized carbons (Fsp3) is 0.259. The molecule has 0 aromatic heterocycles. The molecule has 4 rings (SSSR count). The Morgan fingerprint density at radius 2 is 1.40 bits per heavy atom. The van der Waals surface area contributed by atoms with Gasteiger partial charge in [0.2, 0.25) is 0 Å². The van der Waals surface area contributed by atoms with Gasteiger partial charge in [0.05, 0.1) is 0 Å². The number of rotatable bonds is 5. The van der Waals surface area contributed by atoms with Gasteiger partial charge in [0, 0.05) is 0 Å². The first-order valence-corrected chi connectivity index (χ1v) is 18.4. The van der Waals surface area contributed by atoms with Crippen LogP contribution in [0.25, 0.3) is 28.3 Å². The molecule has 3 aromatic carbocycles. The van der Waals surface area contributed by atoms with Gasteiger partial charge in [0.15, 0.2) is 0 Å². The summed E-state index contributed by atoms with van der Waals surface area (Å²) in [7, 11) is 13.4. The summed E-state index contributed by atoms with van der Waals surface area (Å²) < 4.78 is 0.237. The van der Waals surface area contributed by atoms with E-state index in [-0.39, 0.29) is 3.63 Å². The van der Waals surface area contributed by atoms with Crippen LogP contribution < -0.4 is 0 Å². The van der Waals surface area contributed by atoms with Crippen LogP contribution >= 0.6 is 17.0 Å². The predicted octanol–water partition coefficient (Wildman–Crippen LogP) is 9.16. The van der Waals surface area contributed by atoms with Crippen molar-refractivity contribution in [3.63, 3.8) is 0 Å². The first-order valence-electron chi connectivity index (χ1n) is 10.6. The number of hydrogen-bond acceptors (Lipinski definition) is 0. The average Bonchev–Trinajstić information content (AvgIpc) is 3.14. The number of hydrogen-bond donors (Lipinski definition) is 0. The Hall–Kier alpha value is -1.14. The number of halogens is 2. The third-order valence-corrected chi connectivity index (χ3v) is 11.3. The SMILES string of the molecule is CC(C)C1=Cc2c(ccc(-c3ccccc3)c2-c2ccccc2C(C)C)[CH]1[Zr]([Cl])[Cl]. The van der Waals surface area contributed by atoms with E-state index >= 15 is 0 Å². The Bertz CT molecular complexity index is 1080. The van der Waals surface area contributed by atoms with Crippen molar-refractivity contribution in [3.05, 3.63) is 89.0 Å². The molecule has 3 aromatic rings. The van der Waals surface area contributed by atoms with Crippen LogP contribution in [-0.4, -0.2) is 0 Å². The number of benzene rings is 3. The second-order valence-electron chi connectivity index (χ2n) is 8.62. The van der Waals surface area contributed by atoms with Crippen LogP contribution in [0.3, 0.4) is 0 Å². The third-order valence-electron chi connectivity index (χ3n) is 6.06. The monoisotopic (exact) mass is 511 g/mol. The molecule has 1 unspecified atom stereocenters. The van der Waals surface area contributed by atoms with Crippen molar-refractivity contribution >= 4 is 23.1 Å². The molecule has 1 aliphatic rings. The molecule has 0 fully saturated rings. The van der Waals surface area contributed by atoms with E-state index in [2.05, 4.69) is 101 Å². The molecule has 30 heavy (non-hydrogen) atoms. The van der Waals surface area contributed by atoms with Crippen LogP contribution in [0, 0.1) is 5.92 Å². The Labute approximate surface area is 195 Å². The minimum absolute atomic E-state index is 0.237. The van der Waals surface area contributed by atoms with Gasteiger partial charge in [-0.15, -0.1) is 0 Å². The fourth-order valence-electron chi connectivity index (χ4n) is 4.59. The van der Waals surface area contributed by atoms with Crippen molar-refractivity contribution in [2.75, 3.05) is 0 Å². The van der Waals surface area contributed by atoms with Gasteiger partial charge in [0.25, 0.3) is 0 Å². The zero-order valence-electron chi connectivity index (χ0n) is 17.9. The van der Waals surface area contributed by atoms with Gasteiger partial charge in [-0.05, 0) is 0 Å². The summed E-state index contributed by atoms with van der Waals surface area (Å²) in [4.78, 5) is 0. The van der Waals surface area contributed by atoms with E-state index in [1.54, 1.807) is 0 Å². The third kappa shape index (κ3) is 4.02. The molecule has 0 nitrogen and oxygen atoms in total. The molecular formula is C27H27Cl2Zr. The molecular weight excluding hydrogens is 486 g/mol. The molecule has 0 bridgehead atoms. The Kier molecular flexibility index (Phi) is 6.74. The summed E-state index contributed by atoms with van der Waals surface area (Å²) in [5.41, 5.74) is 10.6. The quantitative estimate of drug-likeness (QED) is 0.319. The second kappa shape index (κ2) is 9.16. The molecule has 0 spiro atoms. The van der Waals surface area contributed by atoms with E-state index < -0.39 is 19.4 Å². The maximum absolute atomic E-state index is 6.71. The zero-order chi connectivity index (χ0) is 21.4. The zero-order valence-corrected chi connectivity index (χ0v) is 21.9. The van der Waals surface area contributed by atoms with Gasteiger partial charge in [-0.25, -0.2) is 0 Å². The van der Waals surface area contributed by atoms with Crippen molar-refractivity contribution in [2.24, 2.45) is 5.92 Å². The van der Waals surface area contributed by atoms with Crippen molar-refractivity contribution in [3.8, 4) is 22.3 Å². The number of allylic oxidation sites excluding steroid dienone is 1. The van der Waals surface area contributed by atoms with E-state index in [0.29, 0.717) is 11.8 Å². The van der Waals surface area contributed by atoms with Crippen molar-refractivity contribution in [1.29, 1.82) is 0 Å². The summed E-state index contributed by atoms with van der Waals surface area (Å²) in [6.45, 7) is 9.05. The Balaban J connectivity index is 2.08. The molecule has 0 saturated heterocycles. The van der Waals surface area contributed by atoms with E-state index in [1.807, 2.05) is 0 Å². The topological polar surface area (TPSA) is 0 Å². The minimum atomic E-state index is -2.55. The van der Waals surface area contributed by atoms with Gasteiger partial charge < -0.3 is 0 Å². The van der Waals surface area contributed by atoms with Gasteiger partial charge in [-0.1, -0.05) is 0 Å². The van der Waals surface area contributed by atoms with Gasteiger partial charge in [0.1, 0.15) is 0 Å². The summed E-state index contributed by atoms with van der Waals surface area (Å²) >= 11 is -2.55. The molecule has 0 aliphatic heterocycles. The standard InChI is InChI=1S/C27H27.2ClH.Zr/c1-18(2)22-16-21-14-15-24(20-10-6-5-7-11-20)27(26(21)17-22)25-13-9-8-12-23(25)19(3)4;;;/h5-19H,1-4H3;2*1H;/q;;;+2/p-2. The maximum atomic E-state index is 6.71. The van der Waals surface area contributed by atoms with E-state index in [0.717, 1.165) is 0 Å². The van der Waals surface area contributed by atoms with Gasteiger partial charge in [-0.2, -0.15) is 0 Å². The summed E-state index contributed by atoms with van der Waals surface area (Å²) in [5.74, 6) is 0.877. The van der Waals surface area contributed by atoms with Gasteiger partial charge in [-0.3, -0.25) is 0 Å². The summed E-state index contributed by atoms with van der Waals surface area (Å²) in [5, 5.41) is 0. The molecule has 0 heterocycles. The molecule has 0 N–H and O–H groups in total. The average molecular weight is 514 g/mol.